The molecule has 0 aromatic heterocycles. The Morgan fingerprint density at radius 1 is 1.33 bits per heavy atom. The quantitative estimate of drug-likeness (QED) is 0.606. The summed E-state index contributed by atoms with van der Waals surface area (Å²) < 4.78 is 37.5. The summed E-state index contributed by atoms with van der Waals surface area (Å²) in [6.45, 7) is 5.29. The van der Waals surface area contributed by atoms with Crippen LogP contribution < -0.4 is 15.4 Å². The molecule has 4 rings (SSSR count). The second-order valence-electron chi connectivity index (χ2n) is 9.67. The number of alkyl halides is 3. The number of aliphatic carboxylic acids is 1. The van der Waals surface area contributed by atoms with Crippen LogP contribution in [-0.4, -0.2) is 47.4 Å². The summed E-state index contributed by atoms with van der Waals surface area (Å²) in [5.74, 6) is -0.972. The Morgan fingerprint density at radius 3 is 2.64 bits per heavy atom. The Kier molecular flexibility index (Phi) is 7.92. The van der Waals surface area contributed by atoms with Crippen molar-refractivity contribution >= 4 is 11.9 Å². The van der Waals surface area contributed by atoms with Crippen LogP contribution in [0.3, 0.4) is 0 Å². The number of ether oxygens (including phenoxy) is 1. The molecule has 2 heterocycles. The SMILES string of the molecule is CC1Cc2cc(C[C@@H](C)NC(=O)CC3CCNC4(CCC4)C3)ccc2O1.O=C(O)C(F)(F)F. The lowest BCUT2D eigenvalue weighted by Gasteiger charge is -2.48. The minimum absolute atomic E-state index is 0.166. The first-order valence-corrected chi connectivity index (χ1v) is 11.6. The molecule has 0 bridgehead atoms. The molecular formula is C24H33F3N2O4. The van der Waals surface area contributed by atoms with Crippen molar-refractivity contribution in [3.63, 3.8) is 0 Å². The molecule has 1 saturated heterocycles. The largest absolute Gasteiger partial charge is 0.490 e. The molecule has 2 fully saturated rings. The van der Waals surface area contributed by atoms with Crippen molar-refractivity contribution in [1.82, 2.24) is 10.6 Å². The van der Waals surface area contributed by atoms with Gasteiger partial charge in [-0.25, -0.2) is 4.79 Å². The zero-order chi connectivity index (χ0) is 24.2. The molecule has 6 nitrogen and oxygen atoms in total. The predicted molar refractivity (Wildman–Crippen MR) is 117 cm³/mol. The Bertz CT molecular complexity index is 855. The molecule has 1 aliphatic carbocycles. The van der Waals surface area contributed by atoms with Gasteiger partial charge < -0.3 is 20.5 Å². The number of benzene rings is 1. The van der Waals surface area contributed by atoms with Crippen LogP contribution in [0.15, 0.2) is 18.2 Å². The lowest BCUT2D eigenvalue weighted by molar-refractivity contribution is -0.192. The van der Waals surface area contributed by atoms with E-state index in [1.807, 2.05) is 0 Å². The lowest BCUT2D eigenvalue weighted by atomic mass is 9.68. The first-order valence-electron chi connectivity index (χ1n) is 11.6. The molecule has 1 aromatic carbocycles. The summed E-state index contributed by atoms with van der Waals surface area (Å²) in [6.07, 6.45) is 3.98. The molecule has 1 saturated carbocycles. The van der Waals surface area contributed by atoms with Crippen LogP contribution in [0.2, 0.25) is 0 Å². The van der Waals surface area contributed by atoms with Gasteiger partial charge in [-0.2, -0.15) is 13.2 Å². The van der Waals surface area contributed by atoms with Crippen molar-refractivity contribution in [2.75, 3.05) is 6.54 Å². The van der Waals surface area contributed by atoms with Crippen molar-refractivity contribution in [1.29, 1.82) is 0 Å². The van der Waals surface area contributed by atoms with Crippen LogP contribution in [0.1, 0.15) is 63.5 Å². The lowest BCUT2D eigenvalue weighted by Crippen LogP contribution is -2.56. The van der Waals surface area contributed by atoms with Crippen LogP contribution in [0.4, 0.5) is 13.2 Å². The summed E-state index contributed by atoms with van der Waals surface area (Å²) in [5, 5.41) is 14.0. The average molecular weight is 471 g/mol. The van der Waals surface area contributed by atoms with Crippen LogP contribution in [0.25, 0.3) is 0 Å². The molecule has 1 spiro atoms. The molecule has 33 heavy (non-hydrogen) atoms. The topological polar surface area (TPSA) is 87.7 Å². The van der Waals surface area contributed by atoms with Gasteiger partial charge in [0, 0.05) is 24.4 Å². The summed E-state index contributed by atoms with van der Waals surface area (Å²) in [7, 11) is 0. The van der Waals surface area contributed by atoms with Crippen LogP contribution in [0.5, 0.6) is 5.75 Å². The monoisotopic (exact) mass is 470 g/mol. The summed E-state index contributed by atoms with van der Waals surface area (Å²) >= 11 is 0. The fraction of sp³-hybridized carbons (Fsp3) is 0.667. The number of halogens is 3. The number of carbonyl (C=O) groups excluding carboxylic acids is 1. The number of carboxylic acid groups (broad SMARTS) is 1. The second kappa shape index (κ2) is 10.3. The van der Waals surface area contributed by atoms with Gasteiger partial charge in [-0.3, -0.25) is 4.79 Å². The molecule has 3 N–H and O–H groups in total. The van der Waals surface area contributed by atoms with Gasteiger partial charge in [0.15, 0.2) is 0 Å². The van der Waals surface area contributed by atoms with Crippen LogP contribution >= 0.6 is 0 Å². The van der Waals surface area contributed by atoms with Gasteiger partial charge in [-0.15, -0.1) is 0 Å². The highest BCUT2D eigenvalue weighted by molar-refractivity contribution is 5.76. The van der Waals surface area contributed by atoms with Gasteiger partial charge in [-0.1, -0.05) is 12.1 Å². The standard InChI is InChI=1S/C22H32N2O2.C2HF3O2/c1-15(10-17-4-5-20-19(12-17)11-16(2)26-20)24-21(25)13-18-6-9-23-22(14-18)7-3-8-22;3-2(4,5)1(6)7/h4-5,12,15-16,18,23H,3,6-11,13-14H2,1-2H3,(H,24,25);(H,6,7)/t15-,16?,18?;/m1./s1. The third-order valence-electron chi connectivity index (χ3n) is 6.67. The third-order valence-corrected chi connectivity index (χ3v) is 6.67. The highest BCUT2D eigenvalue weighted by Gasteiger charge is 2.41. The number of rotatable bonds is 5. The van der Waals surface area contributed by atoms with E-state index in [0.29, 0.717) is 17.9 Å². The smallest absolute Gasteiger partial charge is 0.490 e. The van der Waals surface area contributed by atoms with E-state index in [1.54, 1.807) is 0 Å². The minimum atomic E-state index is -5.08. The average Bonchev–Trinajstić information content (AvgIpc) is 3.05. The van der Waals surface area contributed by atoms with Crippen LogP contribution in [-0.2, 0) is 22.4 Å². The minimum Gasteiger partial charge on any atom is -0.490 e. The van der Waals surface area contributed by atoms with Crippen molar-refractivity contribution in [3.05, 3.63) is 29.3 Å². The molecule has 2 aliphatic heterocycles. The van der Waals surface area contributed by atoms with E-state index < -0.39 is 12.1 Å². The van der Waals surface area contributed by atoms with Gasteiger partial charge in [0.05, 0.1) is 0 Å². The van der Waals surface area contributed by atoms with Gasteiger partial charge >= 0.3 is 12.1 Å². The summed E-state index contributed by atoms with van der Waals surface area (Å²) in [4.78, 5) is 21.4. The van der Waals surface area contributed by atoms with Crippen LogP contribution in [0, 0.1) is 5.92 Å². The van der Waals surface area contributed by atoms with E-state index in [-0.39, 0.29) is 18.1 Å². The van der Waals surface area contributed by atoms with E-state index in [2.05, 4.69) is 42.7 Å². The normalized spacial score (nSPS) is 23.9. The molecule has 184 valence electrons. The molecule has 3 aliphatic rings. The molecule has 1 amide bonds. The molecule has 0 radical (unpaired) electrons. The van der Waals surface area contributed by atoms with E-state index in [9.17, 15) is 18.0 Å². The number of piperidine rings is 1. The number of carboxylic acids is 1. The first-order chi connectivity index (χ1) is 15.5. The first kappa shape index (κ1) is 25.3. The number of fused-ring (bicyclic) bond motifs is 1. The summed E-state index contributed by atoms with van der Waals surface area (Å²) in [6, 6.07) is 6.62. The van der Waals surface area contributed by atoms with Crippen molar-refractivity contribution < 1.29 is 32.6 Å². The third kappa shape index (κ3) is 7.09. The summed E-state index contributed by atoms with van der Waals surface area (Å²) in [5.41, 5.74) is 2.96. The number of amides is 1. The zero-order valence-corrected chi connectivity index (χ0v) is 19.1. The van der Waals surface area contributed by atoms with E-state index >= 15 is 0 Å². The van der Waals surface area contributed by atoms with E-state index in [0.717, 1.165) is 31.6 Å². The van der Waals surface area contributed by atoms with Gasteiger partial charge in [-0.05, 0) is 82.0 Å². The molecular weight excluding hydrogens is 437 g/mol. The van der Waals surface area contributed by atoms with E-state index in [1.165, 1.54) is 36.8 Å². The molecule has 9 heteroatoms. The van der Waals surface area contributed by atoms with Gasteiger partial charge in [0.1, 0.15) is 11.9 Å². The highest BCUT2D eigenvalue weighted by Crippen LogP contribution is 2.41. The van der Waals surface area contributed by atoms with Crippen molar-refractivity contribution in [2.24, 2.45) is 5.92 Å². The Morgan fingerprint density at radius 2 is 2.03 bits per heavy atom. The Hall–Kier alpha value is -2.29. The fourth-order valence-electron chi connectivity index (χ4n) is 5.03. The fourth-order valence-corrected chi connectivity index (χ4v) is 5.03. The van der Waals surface area contributed by atoms with Crippen molar-refractivity contribution in [3.8, 4) is 5.75 Å². The number of hydrogen-bond donors (Lipinski definition) is 3. The number of nitrogens with one attached hydrogen (secondary N) is 2. The predicted octanol–water partition coefficient (Wildman–Crippen LogP) is 4.00. The number of carbonyl (C=O) groups is 2. The maximum absolute atomic E-state index is 12.5. The zero-order valence-electron chi connectivity index (χ0n) is 19.1. The molecule has 2 unspecified atom stereocenters. The number of hydrogen-bond acceptors (Lipinski definition) is 4. The maximum Gasteiger partial charge on any atom is 0.490 e. The Balaban J connectivity index is 0.000000383. The Labute approximate surface area is 192 Å². The van der Waals surface area contributed by atoms with Gasteiger partial charge in [0.25, 0.3) is 0 Å². The van der Waals surface area contributed by atoms with E-state index in [4.69, 9.17) is 14.6 Å². The highest BCUT2D eigenvalue weighted by atomic mass is 19.4. The molecule has 3 atom stereocenters. The molecule has 1 aromatic rings. The van der Waals surface area contributed by atoms with Gasteiger partial charge in [0.2, 0.25) is 5.91 Å². The second-order valence-corrected chi connectivity index (χ2v) is 9.67. The van der Waals surface area contributed by atoms with Crippen molar-refractivity contribution in [2.45, 2.75) is 89.1 Å². The maximum atomic E-state index is 12.5.